The Labute approximate surface area is 224 Å². The van der Waals surface area contributed by atoms with Crippen LogP contribution in [0.4, 0.5) is 11.5 Å². The number of aromatic nitrogens is 2. The van der Waals surface area contributed by atoms with Crippen LogP contribution in [0.25, 0.3) is 10.8 Å². The van der Waals surface area contributed by atoms with E-state index in [-0.39, 0.29) is 0 Å². The molecule has 2 atom stereocenters. The number of hydrogen-bond donors (Lipinski definition) is 1. The normalized spacial score (nSPS) is 22.5. The number of likely N-dealkylation sites (N-methyl/N-ethyl adjacent to an activating group) is 1. The van der Waals surface area contributed by atoms with Gasteiger partial charge in [-0.25, -0.2) is 0 Å². The number of anilines is 2. The van der Waals surface area contributed by atoms with E-state index in [0.717, 1.165) is 85.1 Å². The number of benzene rings is 2. The summed E-state index contributed by atoms with van der Waals surface area (Å²) < 4.78 is 6.30. The molecule has 0 spiro atoms. The lowest BCUT2D eigenvalue weighted by atomic mass is 10.0. The van der Waals surface area contributed by atoms with Gasteiger partial charge < -0.3 is 24.8 Å². The number of halogens is 1. The molecule has 2 saturated heterocycles. The molecule has 0 unspecified atom stereocenters. The van der Waals surface area contributed by atoms with E-state index < -0.39 is 0 Å². The molecule has 3 aliphatic heterocycles. The van der Waals surface area contributed by atoms with Gasteiger partial charge in [-0.1, -0.05) is 42.8 Å². The Morgan fingerprint density at radius 1 is 1.08 bits per heavy atom. The Bertz CT molecular complexity index is 1260. The van der Waals surface area contributed by atoms with Crippen molar-refractivity contribution in [2.45, 2.75) is 51.2 Å². The Kier molecular flexibility index (Phi) is 7.10. The Hall–Kier alpha value is -2.61. The summed E-state index contributed by atoms with van der Waals surface area (Å²) in [7, 11) is 2.18. The van der Waals surface area contributed by atoms with Gasteiger partial charge in [0.05, 0.1) is 17.3 Å². The molecule has 2 fully saturated rings. The van der Waals surface area contributed by atoms with Crippen molar-refractivity contribution >= 4 is 33.9 Å². The van der Waals surface area contributed by atoms with E-state index >= 15 is 0 Å². The third-order valence-corrected chi connectivity index (χ3v) is 8.63. The molecule has 3 aromatic rings. The van der Waals surface area contributed by atoms with Crippen molar-refractivity contribution in [1.82, 2.24) is 20.2 Å². The first-order valence-corrected chi connectivity index (χ1v) is 14.1. The first kappa shape index (κ1) is 24.7. The lowest BCUT2D eigenvalue weighted by Gasteiger charge is -2.38. The summed E-state index contributed by atoms with van der Waals surface area (Å²) in [5.74, 6) is 1.07. The van der Waals surface area contributed by atoms with E-state index in [1.165, 1.54) is 18.4 Å². The average Bonchev–Trinajstić information content (AvgIpc) is 3.35. The van der Waals surface area contributed by atoms with Gasteiger partial charge in [0.1, 0.15) is 12.4 Å². The predicted octanol–water partition coefficient (Wildman–Crippen LogP) is 4.51. The van der Waals surface area contributed by atoms with Gasteiger partial charge in [0.15, 0.2) is 0 Å². The van der Waals surface area contributed by atoms with Crippen LogP contribution >= 0.6 is 11.6 Å². The standard InChI is InChI=1S/C29H37ClN6O/c1-3-21-17-36(16-13-31-21)28-23-12-15-35(26-11-5-8-20-7-4-10-24(30)27(20)26)18-25(23)32-29(33-28)37-19-22-9-6-14-34(22)2/h4-5,7-8,10-11,21-22,31H,3,6,9,12-19H2,1-2H3/t21-,22-/m0/s1. The third kappa shape index (κ3) is 4.97. The second-order valence-electron chi connectivity index (χ2n) is 10.6. The van der Waals surface area contributed by atoms with E-state index in [2.05, 4.69) is 58.3 Å². The molecule has 0 aliphatic carbocycles. The predicted molar refractivity (Wildman–Crippen MR) is 151 cm³/mol. The molecule has 0 amide bonds. The smallest absolute Gasteiger partial charge is 0.318 e. The van der Waals surface area contributed by atoms with Crippen LogP contribution in [-0.4, -0.2) is 73.3 Å². The highest BCUT2D eigenvalue weighted by Crippen LogP contribution is 2.37. The molecule has 0 saturated carbocycles. The quantitative estimate of drug-likeness (QED) is 0.513. The Morgan fingerprint density at radius 3 is 2.76 bits per heavy atom. The lowest BCUT2D eigenvalue weighted by molar-refractivity contribution is 0.187. The van der Waals surface area contributed by atoms with E-state index in [9.17, 15) is 0 Å². The van der Waals surface area contributed by atoms with Gasteiger partial charge in [0.25, 0.3) is 0 Å². The van der Waals surface area contributed by atoms with E-state index in [4.69, 9.17) is 26.3 Å². The highest BCUT2D eigenvalue weighted by molar-refractivity contribution is 6.36. The van der Waals surface area contributed by atoms with Crippen LogP contribution in [0.5, 0.6) is 6.01 Å². The summed E-state index contributed by atoms with van der Waals surface area (Å²) in [4.78, 5) is 17.3. The molecule has 2 aromatic carbocycles. The Balaban J connectivity index is 1.34. The van der Waals surface area contributed by atoms with Gasteiger partial charge in [-0.05, 0) is 56.8 Å². The summed E-state index contributed by atoms with van der Waals surface area (Å²) >= 11 is 6.69. The fourth-order valence-electron chi connectivity index (χ4n) is 6.11. The number of nitrogens with one attached hydrogen (secondary N) is 1. The van der Waals surface area contributed by atoms with Gasteiger partial charge in [-0.15, -0.1) is 0 Å². The van der Waals surface area contributed by atoms with Gasteiger partial charge in [-0.3, -0.25) is 0 Å². The third-order valence-electron chi connectivity index (χ3n) is 8.32. The molecule has 37 heavy (non-hydrogen) atoms. The van der Waals surface area contributed by atoms with Crippen molar-refractivity contribution in [3.8, 4) is 6.01 Å². The van der Waals surface area contributed by atoms with Crippen LogP contribution in [0.15, 0.2) is 36.4 Å². The number of piperazine rings is 1. The highest BCUT2D eigenvalue weighted by atomic mass is 35.5. The van der Waals surface area contributed by atoms with Crippen LogP contribution in [0.2, 0.25) is 5.02 Å². The molecule has 4 heterocycles. The largest absolute Gasteiger partial charge is 0.462 e. The van der Waals surface area contributed by atoms with Crippen molar-refractivity contribution in [2.24, 2.45) is 0 Å². The minimum Gasteiger partial charge on any atom is -0.462 e. The van der Waals surface area contributed by atoms with Crippen molar-refractivity contribution in [3.63, 3.8) is 0 Å². The van der Waals surface area contributed by atoms with Crippen molar-refractivity contribution in [1.29, 1.82) is 0 Å². The molecular formula is C29H37ClN6O. The fraction of sp³-hybridized carbons (Fsp3) is 0.517. The molecule has 196 valence electrons. The summed E-state index contributed by atoms with van der Waals surface area (Å²) in [5, 5.41) is 6.70. The zero-order valence-corrected chi connectivity index (χ0v) is 22.7. The first-order chi connectivity index (χ1) is 18.1. The molecular weight excluding hydrogens is 484 g/mol. The molecule has 6 rings (SSSR count). The van der Waals surface area contributed by atoms with E-state index in [1.807, 2.05) is 12.1 Å². The van der Waals surface area contributed by atoms with Crippen LogP contribution in [-0.2, 0) is 13.0 Å². The minimum atomic E-state index is 0.432. The second kappa shape index (κ2) is 10.6. The number of ether oxygens (including phenoxy) is 1. The molecule has 0 radical (unpaired) electrons. The fourth-order valence-corrected chi connectivity index (χ4v) is 6.39. The topological polar surface area (TPSA) is 56.8 Å². The van der Waals surface area contributed by atoms with Crippen LogP contribution in [0.3, 0.4) is 0 Å². The summed E-state index contributed by atoms with van der Waals surface area (Å²) in [6.45, 7) is 8.53. The first-order valence-electron chi connectivity index (χ1n) is 13.7. The maximum atomic E-state index is 6.69. The number of fused-ring (bicyclic) bond motifs is 2. The average molecular weight is 521 g/mol. The molecule has 0 bridgehead atoms. The summed E-state index contributed by atoms with van der Waals surface area (Å²) in [5.41, 5.74) is 3.50. The van der Waals surface area contributed by atoms with Crippen molar-refractivity contribution < 1.29 is 4.74 Å². The van der Waals surface area contributed by atoms with Crippen molar-refractivity contribution in [3.05, 3.63) is 52.7 Å². The van der Waals surface area contributed by atoms with Gasteiger partial charge in [0.2, 0.25) is 0 Å². The number of hydrogen-bond acceptors (Lipinski definition) is 7. The van der Waals surface area contributed by atoms with E-state index in [1.54, 1.807) is 0 Å². The van der Waals surface area contributed by atoms with Crippen molar-refractivity contribution in [2.75, 3.05) is 56.2 Å². The van der Waals surface area contributed by atoms with Gasteiger partial charge in [-0.2, -0.15) is 9.97 Å². The minimum absolute atomic E-state index is 0.432. The number of nitrogens with zero attached hydrogens (tertiary/aromatic N) is 5. The molecule has 1 aromatic heterocycles. The molecule has 8 heteroatoms. The molecule has 7 nitrogen and oxygen atoms in total. The zero-order valence-electron chi connectivity index (χ0n) is 21.9. The SMILES string of the molecule is CC[C@H]1CN(c2nc(OC[C@@H]3CCCN3C)nc3c2CCN(c2cccc4cccc(Cl)c24)C3)CCN1. The number of rotatable bonds is 6. The van der Waals surface area contributed by atoms with Gasteiger partial charge in [0, 0.05) is 54.9 Å². The summed E-state index contributed by atoms with van der Waals surface area (Å²) in [6, 6.07) is 14.0. The Morgan fingerprint density at radius 2 is 1.95 bits per heavy atom. The zero-order chi connectivity index (χ0) is 25.4. The second-order valence-corrected chi connectivity index (χ2v) is 11.0. The lowest BCUT2D eigenvalue weighted by Crippen LogP contribution is -2.51. The van der Waals surface area contributed by atoms with Gasteiger partial charge >= 0.3 is 6.01 Å². The summed E-state index contributed by atoms with van der Waals surface area (Å²) in [6.07, 6.45) is 4.40. The maximum Gasteiger partial charge on any atom is 0.318 e. The van der Waals surface area contributed by atoms with Crippen LogP contribution < -0.4 is 19.9 Å². The number of likely N-dealkylation sites (tertiary alicyclic amines) is 1. The molecule has 1 N–H and O–H groups in total. The maximum absolute atomic E-state index is 6.69. The van der Waals surface area contributed by atoms with Crippen LogP contribution in [0, 0.1) is 0 Å². The molecule has 3 aliphatic rings. The van der Waals surface area contributed by atoms with E-state index in [0.29, 0.717) is 24.7 Å². The highest BCUT2D eigenvalue weighted by Gasteiger charge is 2.29. The van der Waals surface area contributed by atoms with Crippen LogP contribution in [0.1, 0.15) is 37.4 Å². The monoisotopic (exact) mass is 520 g/mol.